The molecule has 244 valence electrons. The Kier molecular flexibility index (Phi) is 8.30. The molecule has 3 aliphatic rings. The van der Waals surface area contributed by atoms with Gasteiger partial charge in [-0.25, -0.2) is 0 Å². The molecule has 0 saturated carbocycles. The van der Waals surface area contributed by atoms with Gasteiger partial charge in [0.25, 0.3) is 0 Å². The van der Waals surface area contributed by atoms with E-state index in [0.29, 0.717) is 23.5 Å². The highest BCUT2D eigenvalue weighted by Crippen LogP contribution is 2.57. The minimum absolute atomic E-state index is 0.0683. The highest BCUT2D eigenvalue weighted by Gasteiger charge is 2.50. The number of benzene rings is 2. The van der Waals surface area contributed by atoms with E-state index < -0.39 is 57.4 Å². The van der Waals surface area contributed by atoms with E-state index in [4.69, 9.17) is 27.9 Å². The Morgan fingerprint density at radius 2 is 1.54 bits per heavy atom. The third kappa shape index (κ3) is 6.24. The van der Waals surface area contributed by atoms with Gasteiger partial charge in [-0.15, -0.1) is 0 Å². The first kappa shape index (κ1) is 33.5. The zero-order valence-electron chi connectivity index (χ0n) is 25.2. The van der Waals surface area contributed by atoms with Gasteiger partial charge in [-0.1, -0.05) is 50.9 Å². The Balaban J connectivity index is 1.80. The molecule has 1 aliphatic heterocycles. The van der Waals surface area contributed by atoms with Gasteiger partial charge in [0.15, 0.2) is 17.3 Å². The quantitative estimate of drug-likeness (QED) is 0.238. The van der Waals surface area contributed by atoms with Crippen molar-refractivity contribution in [2.45, 2.75) is 65.5 Å². The average Bonchev–Trinajstić information content (AvgIpc) is 2.88. The number of ether oxygens (including phenoxy) is 1. The Labute approximate surface area is 271 Å². The molecule has 0 radical (unpaired) electrons. The highest BCUT2D eigenvalue weighted by atomic mass is 35.5. The highest BCUT2D eigenvalue weighted by molar-refractivity contribution is 6.35. The number of alkyl halides is 3. The van der Waals surface area contributed by atoms with Crippen LogP contribution in [0.1, 0.15) is 70.4 Å². The predicted molar refractivity (Wildman–Crippen MR) is 162 cm³/mol. The Morgan fingerprint density at radius 3 is 2.02 bits per heavy atom. The van der Waals surface area contributed by atoms with Crippen molar-refractivity contribution in [3.8, 4) is 11.5 Å². The molecule has 0 fully saturated rings. The van der Waals surface area contributed by atoms with Crippen molar-refractivity contribution in [3.05, 3.63) is 84.2 Å². The Morgan fingerprint density at radius 1 is 1.00 bits per heavy atom. The smallest absolute Gasteiger partial charge is 0.416 e. The number of allylic oxidation sites excluding steroid dienone is 4. The standard InChI is InChI=1S/C32H29Cl2F3N2O7/c1-30(2)10-20-27(22(40)12-30)26(28-21(38(20)14-25(42)43)11-31(3,4)13-23(28)41)17-8-16(33)9-18(34)29(17)46-24-6-5-15(32(35,36)37)7-19(24)39(44)45/h5-9,26H,10-14H2,1-4H3,(H,42,43). The third-order valence-corrected chi connectivity index (χ3v) is 8.86. The number of nitro benzene ring substituents is 1. The topological polar surface area (TPSA) is 127 Å². The molecule has 2 aliphatic carbocycles. The molecule has 0 unspecified atom stereocenters. The number of ketones is 2. The van der Waals surface area contributed by atoms with E-state index in [1.54, 1.807) is 0 Å². The number of Topliss-reactive ketones (excluding diaryl/α,β-unsaturated/α-hetero) is 2. The number of aliphatic carboxylic acids is 1. The maximum Gasteiger partial charge on any atom is 0.416 e. The summed E-state index contributed by atoms with van der Waals surface area (Å²) >= 11 is 13.0. The molecule has 0 amide bonds. The lowest BCUT2D eigenvalue weighted by Crippen LogP contribution is -2.45. The number of carbonyl (C=O) groups is 3. The summed E-state index contributed by atoms with van der Waals surface area (Å²) in [5.41, 5.74) is -2.16. The Hall–Kier alpha value is -3.90. The second-order valence-corrected chi connectivity index (χ2v) is 14.2. The van der Waals surface area contributed by atoms with E-state index in [1.165, 1.54) is 17.0 Å². The van der Waals surface area contributed by atoms with Crippen molar-refractivity contribution < 1.29 is 42.3 Å². The fraction of sp³-hybridized carbons (Fsp3) is 0.406. The van der Waals surface area contributed by atoms with E-state index in [1.807, 2.05) is 27.7 Å². The van der Waals surface area contributed by atoms with Crippen LogP contribution in [0.5, 0.6) is 11.5 Å². The van der Waals surface area contributed by atoms with Gasteiger partial charge in [-0.3, -0.25) is 24.5 Å². The SMILES string of the molecule is CC1(C)CC(=O)C2=C(C1)N(CC(=O)O)C1=C(C(=O)CC(C)(C)C1)C2c1cc(Cl)cc(Cl)c1Oc1ccc(C(F)(F)F)cc1[N+](=O)[O-]. The number of hydrogen-bond acceptors (Lipinski definition) is 7. The minimum Gasteiger partial charge on any atom is -0.480 e. The maximum absolute atomic E-state index is 14.0. The number of nitro groups is 1. The molecule has 0 aromatic heterocycles. The van der Waals surface area contributed by atoms with E-state index >= 15 is 0 Å². The average molecular weight is 681 g/mol. The van der Waals surface area contributed by atoms with Crippen molar-refractivity contribution in [2.75, 3.05) is 6.54 Å². The van der Waals surface area contributed by atoms with Gasteiger partial charge in [0.05, 0.1) is 15.5 Å². The lowest BCUT2D eigenvalue weighted by molar-refractivity contribution is -0.385. The lowest BCUT2D eigenvalue weighted by atomic mass is 9.63. The number of nitrogens with zero attached hydrogens (tertiary/aromatic N) is 2. The van der Waals surface area contributed by atoms with Gasteiger partial charge in [0, 0.05) is 58.0 Å². The molecule has 2 aromatic carbocycles. The first-order valence-corrected chi connectivity index (χ1v) is 15.0. The van der Waals surface area contributed by atoms with E-state index in [0.717, 1.165) is 6.07 Å². The number of carboxylic acids is 1. The van der Waals surface area contributed by atoms with E-state index in [9.17, 15) is 42.8 Å². The van der Waals surface area contributed by atoms with Crippen molar-refractivity contribution in [3.63, 3.8) is 0 Å². The zero-order valence-corrected chi connectivity index (χ0v) is 26.7. The van der Waals surface area contributed by atoms with Crippen LogP contribution < -0.4 is 4.74 Å². The van der Waals surface area contributed by atoms with Crippen LogP contribution in [0.4, 0.5) is 18.9 Å². The second kappa shape index (κ2) is 11.4. The number of carbonyl (C=O) groups excluding carboxylic acids is 2. The molecule has 0 bridgehead atoms. The molecule has 1 heterocycles. The third-order valence-electron chi connectivity index (χ3n) is 8.36. The lowest BCUT2D eigenvalue weighted by Gasteiger charge is -2.48. The van der Waals surface area contributed by atoms with Gasteiger partial charge in [-0.2, -0.15) is 13.2 Å². The number of carboxylic acid groups (broad SMARTS) is 1. The maximum atomic E-state index is 14.0. The van der Waals surface area contributed by atoms with Crippen LogP contribution in [-0.4, -0.2) is 39.0 Å². The van der Waals surface area contributed by atoms with Gasteiger partial charge < -0.3 is 14.7 Å². The number of rotatable bonds is 6. The molecular weight excluding hydrogens is 652 g/mol. The monoisotopic (exact) mass is 680 g/mol. The van der Waals surface area contributed by atoms with Crippen LogP contribution in [-0.2, 0) is 20.6 Å². The molecule has 0 atom stereocenters. The van der Waals surface area contributed by atoms with Crippen molar-refractivity contribution in [1.29, 1.82) is 0 Å². The molecule has 2 aromatic rings. The van der Waals surface area contributed by atoms with Crippen molar-refractivity contribution in [1.82, 2.24) is 4.90 Å². The predicted octanol–water partition coefficient (Wildman–Crippen LogP) is 8.48. The largest absolute Gasteiger partial charge is 0.480 e. The minimum atomic E-state index is -4.87. The summed E-state index contributed by atoms with van der Waals surface area (Å²) < 4.78 is 46.1. The normalized spacial score (nSPS) is 19.6. The summed E-state index contributed by atoms with van der Waals surface area (Å²) in [7, 11) is 0. The van der Waals surface area contributed by atoms with Crippen molar-refractivity contribution in [2.24, 2.45) is 10.8 Å². The van der Waals surface area contributed by atoms with Crippen LogP contribution in [0.15, 0.2) is 52.9 Å². The molecule has 5 rings (SSSR count). The first-order chi connectivity index (χ1) is 21.2. The summed E-state index contributed by atoms with van der Waals surface area (Å²) in [5.74, 6) is -3.84. The molecule has 1 N–H and O–H groups in total. The number of halogens is 5. The van der Waals surface area contributed by atoms with Crippen LogP contribution in [0.3, 0.4) is 0 Å². The van der Waals surface area contributed by atoms with E-state index in [-0.39, 0.29) is 69.8 Å². The van der Waals surface area contributed by atoms with Crippen LogP contribution in [0.25, 0.3) is 0 Å². The van der Waals surface area contributed by atoms with Crippen molar-refractivity contribution >= 4 is 46.4 Å². The molecule has 0 saturated heterocycles. The van der Waals surface area contributed by atoms with Crippen LogP contribution >= 0.6 is 23.2 Å². The second-order valence-electron chi connectivity index (χ2n) is 13.4. The molecule has 46 heavy (non-hydrogen) atoms. The molecular formula is C32H29Cl2F3N2O7. The van der Waals surface area contributed by atoms with Gasteiger partial charge in [-0.05, 0) is 47.9 Å². The van der Waals surface area contributed by atoms with Crippen LogP contribution in [0.2, 0.25) is 10.0 Å². The first-order valence-electron chi connectivity index (χ1n) is 14.2. The fourth-order valence-electron chi connectivity index (χ4n) is 6.62. The zero-order chi connectivity index (χ0) is 34.1. The van der Waals surface area contributed by atoms with E-state index in [2.05, 4.69) is 0 Å². The Bertz CT molecular complexity index is 1730. The molecule has 9 nitrogen and oxygen atoms in total. The summed E-state index contributed by atoms with van der Waals surface area (Å²) in [6.07, 6.45) is -4.15. The summed E-state index contributed by atoms with van der Waals surface area (Å²) in [5, 5.41) is 21.7. The summed E-state index contributed by atoms with van der Waals surface area (Å²) in [6.45, 7) is 6.98. The van der Waals surface area contributed by atoms with Gasteiger partial charge in [0.1, 0.15) is 6.54 Å². The molecule has 14 heteroatoms. The van der Waals surface area contributed by atoms with Gasteiger partial charge in [0.2, 0.25) is 5.75 Å². The van der Waals surface area contributed by atoms with Crippen LogP contribution in [0, 0.1) is 20.9 Å². The van der Waals surface area contributed by atoms with Gasteiger partial charge >= 0.3 is 17.8 Å². The molecule has 0 spiro atoms. The summed E-state index contributed by atoms with van der Waals surface area (Å²) in [4.78, 5) is 52.5. The summed E-state index contributed by atoms with van der Waals surface area (Å²) in [6, 6.07) is 4.41. The number of hydrogen-bond donors (Lipinski definition) is 1. The fourth-order valence-corrected chi connectivity index (χ4v) is 7.17.